The minimum absolute atomic E-state index is 0.0355. The summed E-state index contributed by atoms with van der Waals surface area (Å²) >= 11 is 0. The van der Waals surface area contributed by atoms with Crippen LogP contribution in [0.5, 0.6) is 0 Å². The van der Waals surface area contributed by atoms with Gasteiger partial charge >= 0.3 is 0 Å². The van der Waals surface area contributed by atoms with Crippen LogP contribution in [0.4, 0.5) is 5.69 Å². The average Bonchev–Trinajstić information content (AvgIpc) is 3.11. The Labute approximate surface area is 131 Å². The van der Waals surface area contributed by atoms with Crippen molar-refractivity contribution < 1.29 is 4.79 Å². The molecule has 116 valence electrons. The molecule has 0 atom stereocenters. The minimum Gasteiger partial charge on any atom is -0.351 e. The standard InChI is InChI=1S/C18H23N3O/c1-12-11-19-9-8-16(12)20-18(22)15-10-17(21(3)13(15)2)14-6-4-5-7-14/h8-11,14H,4-7H2,1-3H3,(H,19,20,22). The topological polar surface area (TPSA) is 46.9 Å². The molecule has 22 heavy (non-hydrogen) atoms. The van der Waals surface area contributed by atoms with Crippen LogP contribution < -0.4 is 5.32 Å². The summed E-state index contributed by atoms with van der Waals surface area (Å²) in [6.07, 6.45) is 8.53. The summed E-state index contributed by atoms with van der Waals surface area (Å²) < 4.78 is 2.18. The van der Waals surface area contributed by atoms with Gasteiger partial charge in [0, 0.05) is 36.5 Å². The molecule has 3 rings (SSSR count). The lowest BCUT2D eigenvalue weighted by molar-refractivity contribution is 0.102. The predicted molar refractivity (Wildman–Crippen MR) is 88.3 cm³/mol. The lowest BCUT2D eigenvalue weighted by Gasteiger charge is -2.11. The highest BCUT2D eigenvalue weighted by atomic mass is 16.1. The Kier molecular flexibility index (Phi) is 4.01. The van der Waals surface area contributed by atoms with Gasteiger partial charge in [0.05, 0.1) is 5.56 Å². The van der Waals surface area contributed by atoms with Crippen molar-refractivity contribution in [3.05, 3.63) is 47.0 Å². The van der Waals surface area contributed by atoms with Crippen molar-refractivity contribution in [3.8, 4) is 0 Å². The molecule has 1 amide bonds. The van der Waals surface area contributed by atoms with Gasteiger partial charge in [-0.1, -0.05) is 12.8 Å². The van der Waals surface area contributed by atoms with E-state index < -0.39 is 0 Å². The Morgan fingerprint density at radius 2 is 2.05 bits per heavy atom. The fourth-order valence-corrected chi connectivity index (χ4v) is 3.37. The van der Waals surface area contributed by atoms with E-state index in [1.807, 2.05) is 19.9 Å². The van der Waals surface area contributed by atoms with Crippen LogP contribution in [0, 0.1) is 13.8 Å². The summed E-state index contributed by atoms with van der Waals surface area (Å²) in [7, 11) is 2.07. The van der Waals surface area contributed by atoms with Crippen molar-refractivity contribution in [2.24, 2.45) is 7.05 Å². The number of carbonyl (C=O) groups excluding carboxylic acids is 1. The van der Waals surface area contributed by atoms with Crippen molar-refractivity contribution in [3.63, 3.8) is 0 Å². The molecule has 4 heteroatoms. The van der Waals surface area contributed by atoms with Gasteiger partial charge < -0.3 is 9.88 Å². The molecule has 0 aromatic carbocycles. The predicted octanol–water partition coefficient (Wildman–Crippen LogP) is 3.95. The van der Waals surface area contributed by atoms with Gasteiger partial charge in [0.2, 0.25) is 0 Å². The van der Waals surface area contributed by atoms with E-state index in [-0.39, 0.29) is 5.91 Å². The number of aryl methyl sites for hydroxylation is 1. The zero-order chi connectivity index (χ0) is 15.7. The fraction of sp³-hybridized carbons (Fsp3) is 0.444. The summed E-state index contributed by atoms with van der Waals surface area (Å²) in [6, 6.07) is 3.92. The van der Waals surface area contributed by atoms with E-state index in [0.717, 1.165) is 22.5 Å². The number of nitrogens with one attached hydrogen (secondary N) is 1. The summed E-state index contributed by atoms with van der Waals surface area (Å²) in [5.41, 5.74) is 4.91. The maximum atomic E-state index is 12.6. The molecular formula is C18H23N3O. The summed E-state index contributed by atoms with van der Waals surface area (Å²) in [6.45, 7) is 3.97. The van der Waals surface area contributed by atoms with Crippen LogP contribution in [0.15, 0.2) is 24.5 Å². The number of aromatic nitrogens is 2. The first-order valence-corrected chi connectivity index (χ1v) is 7.96. The maximum Gasteiger partial charge on any atom is 0.257 e. The highest BCUT2D eigenvalue weighted by Gasteiger charge is 2.24. The molecule has 1 aliphatic rings. The van der Waals surface area contributed by atoms with Crippen molar-refractivity contribution in [2.75, 3.05) is 5.32 Å². The van der Waals surface area contributed by atoms with Crippen molar-refractivity contribution in [2.45, 2.75) is 45.4 Å². The third kappa shape index (κ3) is 2.65. The van der Waals surface area contributed by atoms with Crippen LogP contribution in [0.1, 0.15) is 58.9 Å². The van der Waals surface area contributed by atoms with E-state index >= 15 is 0 Å². The number of anilines is 1. The number of amides is 1. The van der Waals surface area contributed by atoms with Crippen molar-refractivity contribution in [1.29, 1.82) is 0 Å². The zero-order valence-corrected chi connectivity index (χ0v) is 13.5. The average molecular weight is 297 g/mol. The second kappa shape index (κ2) is 5.95. The molecule has 0 saturated heterocycles. The molecule has 1 fully saturated rings. The highest BCUT2D eigenvalue weighted by Crippen LogP contribution is 2.35. The molecule has 0 bridgehead atoms. The monoisotopic (exact) mass is 297 g/mol. The smallest absolute Gasteiger partial charge is 0.257 e. The quantitative estimate of drug-likeness (QED) is 0.932. The number of rotatable bonds is 3. The molecule has 0 aliphatic heterocycles. The molecule has 0 spiro atoms. The molecule has 2 aromatic heterocycles. The van der Waals surface area contributed by atoms with Crippen molar-refractivity contribution >= 4 is 11.6 Å². The number of nitrogens with zero attached hydrogens (tertiary/aromatic N) is 2. The van der Waals surface area contributed by atoms with Crippen LogP contribution in [-0.4, -0.2) is 15.5 Å². The molecule has 1 saturated carbocycles. The minimum atomic E-state index is -0.0355. The Morgan fingerprint density at radius 3 is 2.73 bits per heavy atom. The third-order valence-electron chi connectivity index (χ3n) is 4.86. The Hall–Kier alpha value is -2.10. The molecule has 2 heterocycles. The van der Waals surface area contributed by atoms with Gasteiger partial charge in [0.15, 0.2) is 0 Å². The van der Waals surface area contributed by atoms with Crippen LogP contribution in [0.2, 0.25) is 0 Å². The number of pyridine rings is 1. The van der Waals surface area contributed by atoms with E-state index in [4.69, 9.17) is 0 Å². The fourth-order valence-electron chi connectivity index (χ4n) is 3.37. The number of hydrogen-bond acceptors (Lipinski definition) is 2. The Morgan fingerprint density at radius 1 is 1.32 bits per heavy atom. The van der Waals surface area contributed by atoms with Crippen molar-refractivity contribution in [1.82, 2.24) is 9.55 Å². The molecule has 2 aromatic rings. The van der Waals surface area contributed by atoms with E-state index in [9.17, 15) is 4.79 Å². The molecular weight excluding hydrogens is 274 g/mol. The first-order chi connectivity index (χ1) is 10.6. The summed E-state index contributed by atoms with van der Waals surface area (Å²) in [5.74, 6) is 0.569. The third-order valence-corrected chi connectivity index (χ3v) is 4.86. The summed E-state index contributed by atoms with van der Waals surface area (Å²) in [4.78, 5) is 16.7. The molecule has 1 N–H and O–H groups in total. The lowest BCUT2D eigenvalue weighted by atomic mass is 10.0. The van der Waals surface area contributed by atoms with Gasteiger partial charge in [0.25, 0.3) is 5.91 Å². The first kappa shape index (κ1) is 14.8. The van der Waals surface area contributed by atoms with Gasteiger partial charge in [-0.25, -0.2) is 0 Å². The van der Waals surface area contributed by atoms with Crippen LogP contribution in [-0.2, 0) is 7.05 Å². The molecule has 0 unspecified atom stereocenters. The van der Waals surface area contributed by atoms with Gasteiger partial charge in [-0.3, -0.25) is 9.78 Å². The first-order valence-electron chi connectivity index (χ1n) is 7.96. The van der Waals surface area contributed by atoms with E-state index in [0.29, 0.717) is 5.92 Å². The molecule has 4 nitrogen and oxygen atoms in total. The zero-order valence-electron chi connectivity index (χ0n) is 13.5. The second-order valence-corrected chi connectivity index (χ2v) is 6.25. The van der Waals surface area contributed by atoms with E-state index in [2.05, 4.69) is 28.0 Å². The highest BCUT2D eigenvalue weighted by molar-refractivity contribution is 6.05. The molecule has 1 aliphatic carbocycles. The Balaban J connectivity index is 1.86. The van der Waals surface area contributed by atoms with Gasteiger partial charge in [0.1, 0.15) is 0 Å². The normalized spacial score (nSPS) is 15.2. The molecule has 0 radical (unpaired) electrons. The van der Waals surface area contributed by atoms with Gasteiger partial charge in [-0.15, -0.1) is 0 Å². The van der Waals surface area contributed by atoms with Crippen LogP contribution in [0.3, 0.4) is 0 Å². The second-order valence-electron chi connectivity index (χ2n) is 6.25. The Bertz CT molecular complexity index is 696. The summed E-state index contributed by atoms with van der Waals surface area (Å²) in [5, 5.41) is 3.01. The largest absolute Gasteiger partial charge is 0.351 e. The van der Waals surface area contributed by atoms with Gasteiger partial charge in [-0.2, -0.15) is 0 Å². The maximum absolute atomic E-state index is 12.6. The number of hydrogen-bond donors (Lipinski definition) is 1. The van der Waals surface area contributed by atoms with Crippen LogP contribution >= 0.6 is 0 Å². The SMILES string of the molecule is Cc1cnccc1NC(=O)c1cc(C2CCCC2)n(C)c1C. The van der Waals surface area contributed by atoms with E-state index in [1.54, 1.807) is 12.4 Å². The lowest BCUT2D eigenvalue weighted by Crippen LogP contribution is -2.13. The van der Waals surface area contributed by atoms with Crippen LogP contribution in [0.25, 0.3) is 0 Å². The van der Waals surface area contributed by atoms with E-state index in [1.165, 1.54) is 31.4 Å². The van der Waals surface area contributed by atoms with Gasteiger partial charge in [-0.05, 0) is 50.3 Å². The number of carbonyl (C=O) groups is 1.